The molecular formula is C37H49N5O9. The van der Waals surface area contributed by atoms with Crippen molar-refractivity contribution in [3.63, 3.8) is 0 Å². The molecule has 1 saturated heterocycles. The lowest BCUT2D eigenvalue weighted by Crippen LogP contribution is -2.71. The van der Waals surface area contributed by atoms with Gasteiger partial charge in [0, 0.05) is 54.6 Å². The van der Waals surface area contributed by atoms with Gasteiger partial charge < -0.3 is 34.3 Å². The summed E-state index contributed by atoms with van der Waals surface area (Å²) in [7, 11) is 6.44. The molecule has 2 unspecified atom stereocenters. The first kappa shape index (κ1) is 37.8. The first-order valence-electron chi connectivity index (χ1n) is 17.1. The monoisotopic (exact) mass is 707 g/mol. The number of likely N-dealkylation sites (N-methyl/N-ethyl adjacent to an activating group) is 1. The number of nitrogens with zero attached hydrogens (tertiary/aromatic N) is 3. The highest BCUT2D eigenvalue weighted by atomic mass is 16.7. The van der Waals surface area contributed by atoms with Crippen molar-refractivity contribution in [3.05, 3.63) is 45.2 Å². The predicted octanol–water partition coefficient (Wildman–Crippen LogP) is 2.88. The summed E-state index contributed by atoms with van der Waals surface area (Å²) in [5, 5.41) is 16.4. The van der Waals surface area contributed by atoms with E-state index in [0.717, 1.165) is 16.7 Å². The molecule has 5 rings (SSSR count). The number of Topliss-reactive ketones (excluding diaryl/α,β-unsaturated/α-hetero) is 2. The fraction of sp³-hybridized carbons (Fsp3) is 0.595. The number of benzene rings is 1. The number of piperazine rings is 1. The number of hydrogen-bond donors (Lipinski definition) is 2. The van der Waals surface area contributed by atoms with Crippen LogP contribution >= 0.6 is 0 Å². The minimum Gasteiger partial charge on any atom is -0.493 e. The van der Waals surface area contributed by atoms with Crippen LogP contribution in [0.15, 0.2) is 28.5 Å². The van der Waals surface area contributed by atoms with Crippen LogP contribution in [-0.4, -0.2) is 111 Å². The average molecular weight is 708 g/mol. The van der Waals surface area contributed by atoms with Crippen LogP contribution in [0.2, 0.25) is 0 Å². The maximum absolute atomic E-state index is 14.2. The molecule has 0 radical (unpaired) electrons. The van der Waals surface area contributed by atoms with Crippen molar-refractivity contribution < 1.29 is 42.9 Å². The number of amides is 2. The van der Waals surface area contributed by atoms with Gasteiger partial charge in [0.1, 0.15) is 11.6 Å². The Morgan fingerprint density at radius 2 is 1.75 bits per heavy atom. The van der Waals surface area contributed by atoms with E-state index in [4.69, 9.17) is 23.7 Å². The van der Waals surface area contributed by atoms with Gasteiger partial charge in [0.05, 0.1) is 38.3 Å². The van der Waals surface area contributed by atoms with Crippen LogP contribution in [0.1, 0.15) is 63.8 Å². The van der Waals surface area contributed by atoms with Gasteiger partial charge in [-0.05, 0) is 65.6 Å². The Labute approximate surface area is 299 Å². The van der Waals surface area contributed by atoms with E-state index >= 15 is 0 Å². The van der Waals surface area contributed by atoms with Gasteiger partial charge in [-0.15, -0.1) is 0 Å². The van der Waals surface area contributed by atoms with Crippen LogP contribution in [0.4, 0.5) is 4.79 Å². The van der Waals surface area contributed by atoms with E-state index < -0.39 is 41.5 Å². The third-order valence-electron chi connectivity index (χ3n) is 10.2. The molecule has 1 aliphatic carbocycles. The molecule has 2 N–H and O–H groups in total. The molecule has 4 aliphatic rings. The molecule has 14 nitrogen and oxygen atoms in total. The lowest BCUT2D eigenvalue weighted by atomic mass is 9.69. The van der Waals surface area contributed by atoms with Gasteiger partial charge in [-0.25, -0.2) is 4.79 Å². The van der Waals surface area contributed by atoms with Gasteiger partial charge in [0.25, 0.3) is 0 Å². The van der Waals surface area contributed by atoms with Gasteiger partial charge in [0.15, 0.2) is 29.8 Å². The average Bonchev–Trinajstić information content (AvgIpc) is 3.06. The van der Waals surface area contributed by atoms with Crippen molar-refractivity contribution in [2.75, 3.05) is 48.3 Å². The lowest BCUT2D eigenvalue weighted by Gasteiger charge is -2.60. The molecular weight excluding hydrogens is 658 g/mol. The molecule has 1 fully saturated rings. The largest absolute Gasteiger partial charge is 0.493 e. The van der Waals surface area contributed by atoms with E-state index in [1.807, 2.05) is 18.9 Å². The van der Waals surface area contributed by atoms with E-state index in [2.05, 4.69) is 27.7 Å². The number of allylic oxidation sites excluding steroid dienone is 2. The van der Waals surface area contributed by atoms with Gasteiger partial charge in [-0.1, -0.05) is 13.0 Å². The van der Waals surface area contributed by atoms with E-state index in [1.54, 1.807) is 41.7 Å². The van der Waals surface area contributed by atoms with Crippen LogP contribution in [0, 0.1) is 24.2 Å². The third kappa shape index (κ3) is 6.82. The van der Waals surface area contributed by atoms with Crippen LogP contribution in [-0.2, 0) is 35.0 Å². The minimum atomic E-state index is -0.844. The van der Waals surface area contributed by atoms with Crippen molar-refractivity contribution in [1.29, 1.82) is 5.26 Å². The number of fused-ring (bicyclic) bond motifs is 6. The zero-order chi connectivity index (χ0) is 37.5. The molecule has 0 aromatic heterocycles. The maximum atomic E-state index is 14.2. The summed E-state index contributed by atoms with van der Waals surface area (Å²) in [5.41, 5.74) is 2.83. The Morgan fingerprint density at radius 1 is 1.04 bits per heavy atom. The topological polar surface area (TPSA) is 169 Å². The first-order valence-corrected chi connectivity index (χ1v) is 17.1. The number of alkyl carbamates (subject to hydrolysis) is 1. The molecule has 2 bridgehead atoms. The summed E-state index contributed by atoms with van der Waals surface area (Å²) in [6.07, 6.45) is 0.0362. The summed E-state index contributed by atoms with van der Waals surface area (Å²) >= 11 is 0. The molecule has 2 amide bonds. The second-order valence-corrected chi connectivity index (χ2v) is 14.6. The second-order valence-electron chi connectivity index (χ2n) is 14.6. The van der Waals surface area contributed by atoms with E-state index in [0.29, 0.717) is 23.5 Å². The van der Waals surface area contributed by atoms with Crippen LogP contribution < -0.4 is 20.1 Å². The zero-order valence-electron chi connectivity index (χ0n) is 31.1. The molecule has 276 valence electrons. The first-order chi connectivity index (χ1) is 24.1. The highest BCUT2D eigenvalue weighted by Gasteiger charge is 2.58. The Balaban J connectivity index is 1.58. The molecule has 1 aromatic rings. The maximum Gasteiger partial charge on any atom is 0.407 e. The van der Waals surface area contributed by atoms with Crippen molar-refractivity contribution in [2.45, 2.75) is 90.2 Å². The minimum absolute atomic E-state index is 0.0108. The molecule has 0 spiro atoms. The third-order valence-corrected chi connectivity index (χ3v) is 10.2. The van der Waals surface area contributed by atoms with Gasteiger partial charge in [0.2, 0.25) is 11.7 Å². The highest BCUT2D eigenvalue weighted by Crippen LogP contribution is 2.54. The summed E-state index contributed by atoms with van der Waals surface area (Å²) in [4.78, 5) is 58.1. The number of methoxy groups -OCH3 is 3. The number of carbonyl (C=O) groups is 4. The van der Waals surface area contributed by atoms with E-state index in [9.17, 15) is 24.4 Å². The summed E-state index contributed by atoms with van der Waals surface area (Å²) < 4.78 is 28.1. The fourth-order valence-corrected chi connectivity index (χ4v) is 8.06. The van der Waals surface area contributed by atoms with E-state index in [1.165, 1.54) is 14.2 Å². The number of nitrogens with one attached hydrogen (secondary N) is 2. The molecule has 0 saturated carbocycles. The van der Waals surface area contributed by atoms with E-state index in [-0.39, 0.29) is 67.0 Å². The molecule has 51 heavy (non-hydrogen) atoms. The van der Waals surface area contributed by atoms with Crippen LogP contribution in [0.5, 0.6) is 11.5 Å². The summed E-state index contributed by atoms with van der Waals surface area (Å²) in [5.74, 6) is -0.748. The Bertz CT molecular complexity index is 1720. The molecule has 3 heterocycles. The molecule has 1 aromatic carbocycles. The highest BCUT2D eigenvalue weighted by molar-refractivity contribution is 6.25. The predicted molar refractivity (Wildman–Crippen MR) is 185 cm³/mol. The Kier molecular flexibility index (Phi) is 10.9. The van der Waals surface area contributed by atoms with Gasteiger partial charge in [-0.3, -0.25) is 24.2 Å². The van der Waals surface area contributed by atoms with Gasteiger partial charge in [-0.2, -0.15) is 5.26 Å². The van der Waals surface area contributed by atoms with Crippen molar-refractivity contribution in [3.8, 4) is 17.6 Å². The Hall–Kier alpha value is -4.45. The quantitative estimate of drug-likeness (QED) is 0.270. The molecule has 3 aliphatic heterocycles. The Morgan fingerprint density at radius 3 is 2.35 bits per heavy atom. The smallest absolute Gasteiger partial charge is 0.407 e. The van der Waals surface area contributed by atoms with Crippen molar-refractivity contribution in [1.82, 2.24) is 20.4 Å². The number of rotatable bonds is 10. The normalized spacial score (nSPS) is 25.2. The summed E-state index contributed by atoms with van der Waals surface area (Å²) in [6, 6.07) is 1.88. The standard InChI is InChI=1S/C37H49N5O9/c1-18-11-21-12-23-25(14-38)42-24(29(41(23)7)27(21)34(32(18)48-9)50-17-47-8)13-22-28(31(44)33(49-10)20(3)30(22)43)26(42)16-39-35(45)19(2)15-40-36(46)51-37(4,5)6/h11,19,23-26,29H,12-13,15-17H2,1-10H3,(H,39,45)(H,40,46)/t19-,23?,24?,25+,26+,29+/m1/s1. The van der Waals surface area contributed by atoms with Crippen molar-refractivity contribution >= 4 is 23.6 Å². The fourth-order valence-electron chi connectivity index (χ4n) is 8.06. The summed E-state index contributed by atoms with van der Waals surface area (Å²) in [6.45, 7) is 10.3. The number of carbonyl (C=O) groups excluding carboxylic acids is 4. The second kappa shape index (κ2) is 14.7. The SMILES string of the molecule is COCOc1c(OC)c(C)cc2c1[C@@H]1C3CC4=C(C(=O)C(OC)=C(C)C4=O)[C@H](CNC(=O)[C@H](C)CNC(=O)OC(C)(C)C)N3[C@@H](C#N)C(C2)N1C. The number of hydrogen-bond acceptors (Lipinski definition) is 12. The molecule has 14 heteroatoms. The van der Waals surface area contributed by atoms with Crippen LogP contribution in [0.25, 0.3) is 0 Å². The van der Waals surface area contributed by atoms with Crippen molar-refractivity contribution in [2.24, 2.45) is 5.92 Å². The zero-order valence-corrected chi connectivity index (χ0v) is 31.1. The van der Waals surface area contributed by atoms with Crippen LogP contribution in [0.3, 0.4) is 0 Å². The number of ether oxygens (including phenoxy) is 5. The van der Waals surface area contributed by atoms with Gasteiger partial charge >= 0.3 is 6.09 Å². The lowest BCUT2D eigenvalue weighted by molar-refractivity contribution is -0.126. The number of aryl methyl sites for hydroxylation is 1. The number of ketones is 2. The number of nitriles is 1. The molecule has 6 atom stereocenters.